The number of imidazole rings is 1. The van der Waals surface area contributed by atoms with E-state index in [1.807, 2.05) is 0 Å². The lowest BCUT2D eigenvalue weighted by molar-refractivity contribution is -0.138. The topological polar surface area (TPSA) is 120 Å². The molecule has 0 unspecified atom stereocenters. The Morgan fingerprint density at radius 3 is 2.64 bits per heavy atom. The second-order valence-electron chi connectivity index (χ2n) is 8.67. The van der Waals surface area contributed by atoms with Crippen molar-refractivity contribution in [1.82, 2.24) is 24.8 Å². The number of ether oxygens (including phenoxy) is 1. The number of pyridine rings is 1. The van der Waals surface area contributed by atoms with Gasteiger partial charge in [0.2, 0.25) is 11.9 Å². The number of alkyl halides is 3. The first-order valence-electron chi connectivity index (χ1n) is 11.6. The summed E-state index contributed by atoms with van der Waals surface area (Å²) in [6, 6.07) is 6.05. The van der Waals surface area contributed by atoms with Crippen LogP contribution < -0.4 is 15.4 Å². The molecule has 3 aromatic rings. The van der Waals surface area contributed by atoms with E-state index < -0.39 is 11.7 Å². The van der Waals surface area contributed by atoms with Crippen LogP contribution in [0.5, 0.6) is 5.75 Å². The third-order valence-corrected chi connectivity index (χ3v) is 5.40. The number of aromatic nitrogens is 3. The van der Waals surface area contributed by atoms with Gasteiger partial charge in [0, 0.05) is 32.3 Å². The van der Waals surface area contributed by atoms with E-state index in [1.165, 1.54) is 35.9 Å². The second-order valence-corrected chi connectivity index (χ2v) is 8.67. The average Bonchev–Trinajstić information content (AvgIpc) is 3.17. The molecular formula is C26H27F3N8O2. The molecule has 39 heavy (non-hydrogen) atoms. The first-order chi connectivity index (χ1) is 18.4. The molecule has 0 bridgehead atoms. The van der Waals surface area contributed by atoms with Crippen molar-refractivity contribution in [1.29, 1.82) is 5.26 Å². The number of nitriles is 1. The molecule has 2 aromatic heterocycles. The molecule has 204 valence electrons. The number of carbonyl (C=O) groups excluding carboxylic acids is 1. The van der Waals surface area contributed by atoms with E-state index in [4.69, 9.17) is 4.74 Å². The van der Waals surface area contributed by atoms with Crippen LogP contribution in [-0.4, -0.2) is 46.2 Å². The van der Waals surface area contributed by atoms with Gasteiger partial charge in [0.15, 0.2) is 11.4 Å². The Hall–Kier alpha value is -4.70. The molecule has 0 aliphatic rings. The van der Waals surface area contributed by atoms with Crippen molar-refractivity contribution in [2.75, 3.05) is 19.4 Å². The Morgan fingerprint density at radius 2 is 2.08 bits per heavy atom. The van der Waals surface area contributed by atoms with E-state index in [0.717, 1.165) is 6.07 Å². The molecule has 1 aromatic carbocycles. The zero-order chi connectivity index (χ0) is 28.9. The number of nitrogens with zero attached hydrogens (tertiary/aromatic N) is 6. The molecule has 0 aliphatic heterocycles. The third-order valence-electron chi connectivity index (χ3n) is 5.40. The highest BCUT2D eigenvalue weighted by molar-refractivity contribution is 5.84. The highest BCUT2D eigenvalue weighted by Gasteiger charge is 2.33. The molecule has 0 atom stereocenters. The van der Waals surface area contributed by atoms with Crippen molar-refractivity contribution in [2.45, 2.75) is 26.6 Å². The first kappa shape index (κ1) is 28.9. The maximum Gasteiger partial charge on any atom is 0.416 e. The number of benzene rings is 1. The summed E-state index contributed by atoms with van der Waals surface area (Å²) < 4.78 is 48.6. The third kappa shape index (κ3) is 6.79. The Labute approximate surface area is 223 Å². The van der Waals surface area contributed by atoms with Gasteiger partial charge in [-0.3, -0.25) is 4.79 Å². The maximum atomic E-state index is 13.7. The highest BCUT2D eigenvalue weighted by Crippen LogP contribution is 2.35. The van der Waals surface area contributed by atoms with Crippen LogP contribution in [0.1, 0.15) is 30.5 Å². The predicted molar refractivity (Wildman–Crippen MR) is 141 cm³/mol. The van der Waals surface area contributed by atoms with Crippen molar-refractivity contribution in [3.8, 4) is 11.8 Å². The van der Waals surface area contributed by atoms with Gasteiger partial charge in [-0.15, -0.1) is 0 Å². The molecule has 3 rings (SSSR count). The summed E-state index contributed by atoms with van der Waals surface area (Å²) in [4.78, 5) is 25.4. The molecule has 0 saturated heterocycles. The standard InChI is InChI=1S/C26H27F3N8O2/c1-7-18(11-22(31-3)33-15(2)38)39-21-13-32-24-23(19(21)12-30)37(6)25(35-24)34-17-9-8-16(14-36(4)5)20(10-17)26(27,28)29/h7-11,13H,3,14H2,1-2,4-6H3,(H,33,38)(H,32,34,35)/b18-7+,22-11+. The van der Waals surface area contributed by atoms with Crippen LogP contribution in [0.15, 0.2) is 53.1 Å². The number of anilines is 2. The number of aryl methyl sites for hydroxylation is 1. The van der Waals surface area contributed by atoms with Crippen LogP contribution >= 0.6 is 0 Å². The lowest BCUT2D eigenvalue weighted by Crippen LogP contribution is -2.18. The van der Waals surface area contributed by atoms with Crippen LogP contribution in [0, 0.1) is 11.3 Å². The molecule has 0 saturated carbocycles. The largest absolute Gasteiger partial charge is 0.454 e. The Bertz CT molecular complexity index is 1510. The molecule has 2 N–H and O–H groups in total. The summed E-state index contributed by atoms with van der Waals surface area (Å²) in [5.41, 5.74) is 0.142. The number of nitrogens with one attached hydrogen (secondary N) is 2. The van der Waals surface area contributed by atoms with Gasteiger partial charge in [0.05, 0.1) is 11.8 Å². The number of halogens is 3. The van der Waals surface area contributed by atoms with Gasteiger partial charge in [0.25, 0.3) is 0 Å². The van der Waals surface area contributed by atoms with Gasteiger partial charge in [-0.05, 0) is 51.5 Å². The SMILES string of the molecule is C=N/C(=C\C(=C/C)Oc1cnc2nc(Nc3ccc(CN(C)C)c(C(F)(F)F)c3)n(C)c2c1C#N)NC(C)=O. The quantitative estimate of drug-likeness (QED) is 0.231. The minimum Gasteiger partial charge on any atom is -0.454 e. The number of rotatable bonds is 9. The van der Waals surface area contributed by atoms with Crippen LogP contribution in [-0.2, 0) is 24.6 Å². The zero-order valence-corrected chi connectivity index (χ0v) is 22.0. The molecule has 0 spiro atoms. The molecule has 0 aliphatic carbocycles. The van der Waals surface area contributed by atoms with E-state index in [1.54, 1.807) is 39.0 Å². The Balaban J connectivity index is 2.01. The van der Waals surface area contributed by atoms with E-state index in [9.17, 15) is 23.2 Å². The Morgan fingerprint density at radius 1 is 1.36 bits per heavy atom. The number of hydrogen-bond donors (Lipinski definition) is 2. The molecule has 0 fully saturated rings. The average molecular weight is 541 g/mol. The fourth-order valence-corrected chi connectivity index (χ4v) is 3.71. The summed E-state index contributed by atoms with van der Waals surface area (Å²) in [7, 11) is 4.98. The minimum absolute atomic E-state index is 0.0979. The van der Waals surface area contributed by atoms with Crippen molar-refractivity contribution in [3.05, 3.63) is 64.8 Å². The molecule has 1 amide bonds. The van der Waals surface area contributed by atoms with Crippen LogP contribution in [0.3, 0.4) is 0 Å². The summed E-state index contributed by atoms with van der Waals surface area (Å²) >= 11 is 0. The number of carbonyl (C=O) groups is 1. The lowest BCUT2D eigenvalue weighted by Gasteiger charge is -2.18. The summed E-state index contributed by atoms with van der Waals surface area (Å²) in [6.45, 7) is 6.53. The van der Waals surface area contributed by atoms with Crippen molar-refractivity contribution in [2.24, 2.45) is 12.0 Å². The van der Waals surface area contributed by atoms with Crippen molar-refractivity contribution in [3.63, 3.8) is 0 Å². The fraction of sp³-hybridized carbons (Fsp3) is 0.269. The number of amides is 1. The predicted octanol–water partition coefficient (Wildman–Crippen LogP) is 4.62. The van der Waals surface area contributed by atoms with E-state index in [-0.39, 0.29) is 58.2 Å². The summed E-state index contributed by atoms with van der Waals surface area (Å²) in [5, 5.41) is 15.3. The van der Waals surface area contributed by atoms with E-state index >= 15 is 0 Å². The van der Waals surface area contributed by atoms with Crippen LogP contribution in [0.2, 0.25) is 0 Å². The number of fused-ring (bicyclic) bond motifs is 1. The zero-order valence-electron chi connectivity index (χ0n) is 22.0. The fourth-order valence-electron chi connectivity index (χ4n) is 3.71. The van der Waals surface area contributed by atoms with Crippen LogP contribution in [0.25, 0.3) is 11.2 Å². The normalized spacial score (nSPS) is 12.4. The summed E-state index contributed by atoms with van der Waals surface area (Å²) in [6.07, 6.45) is -0.218. The lowest BCUT2D eigenvalue weighted by atomic mass is 10.1. The Kier molecular flexibility index (Phi) is 8.72. The number of aliphatic imine (C=N–C) groups is 1. The molecule has 13 heteroatoms. The highest BCUT2D eigenvalue weighted by atomic mass is 19.4. The van der Waals surface area contributed by atoms with Gasteiger partial charge in [0.1, 0.15) is 28.7 Å². The molecule has 10 nitrogen and oxygen atoms in total. The van der Waals surface area contributed by atoms with E-state index in [2.05, 4.69) is 38.4 Å². The number of hydrogen-bond acceptors (Lipinski definition) is 8. The van der Waals surface area contributed by atoms with Gasteiger partial charge < -0.3 is 24.8 Å². The molecule has 2 heterocycles. The molecule has 0 radical (unpaired) electrons. The first-order valence-corrected chi connectivity index (χ1v) is 11.6. The maximum absolute atomic E-state index is 13.7. The van der Waals surface area contributed by atoms with Crippen molar-refractivity contribution >= 4 is 35.4 Å². The number of allylic oxidation sites excluding steroid dienone is 2. The van der Waals surface area contributed by atoms with Crippen molar-refractivity contribution < 1.29 is 22.7 Å². The smallest absolute Gasteiger partial charge is 0.416 e. The minimum atomic E-state index is -4.54. The second kappa shape index (κ2) is 11.8. The summed E-state index contributed by atoms with van der Waals surface area (Å²) in [5.74, 6) is 0.318. The monoisotopic (exact) mass is 540 g/mol. The van der Waals surface area contributed by atoms with Crippen LogP contribution in [0.4, 0.5) is 24.8 Å². The van der Waals surface area contributed by atoms with Gasteiger partial charge in [-0.25, -0.2) is 9.98 Å². The van der Waals surface area contributed by atoms with Gasteiger partial charge >= 0.3 is 6.18 Å². The molecular weight excluding hydrogens is 513 g/mol. The van der Waals surface area contributed by atoms with Gasteiger partial charge in [-0.1, -0.05) is 6.07 Å². The van der Waals surface area contributed by atoms with Gasteiger partial charge in [-0.2, -0.15) is 23.4 Å². The van der Waals surface area contributed by atoms with E-state index in [0.29, 0.717) is 5.52 Å².